The molecule has 1 aliphatic rings. The molecule has 6 nitrogen and oxygen atoms in total. The molecule has 1 fully saturated rings. The van der Waals surface area contributed by atoms with Gasteiger partial charge >= 0.3 is 6.09 Å². The van der Waals surface area contributed by atoms with E-state index in [1.54, 1.807) is 32.9 Å². The van der Waals surface area contributed by atoms with Crippen LogP contribution in [0.5, 0.6) is 0 Å². The van der Waals surface area contributed by atoms with E-state index < -0.39 is 17.5 Å². The molecule has 170 valence electrons. The van der Waals surface area contributed by atoms with Crippen LogP contribution in [0.15, 0.2) is 30.3 Å². The molecule has 1 aliphatic carbocycles. The van der Waals surface area contributed by atoms with Gasteiger partial charge in [0.1, 0.15) is 17.5 Å². The standard InChI is InChI=1S/C24H28F2N4O2/c1-14(28-23(31)32-24(2,3)4)21(16-7-8-16)30-22-19(26)12-17(13-27)20(29-22)11-15-5-9-18(25)10-6-15/h5-6,9-10,12,14,16,21H,7-8,11H2,1-4H3,(H,28,31)(H,29,30)/t14-,21-/m0/s1. The van der Waals surface area contributed by atoms with Gasteiger partial charge in [0.25, 0.3) is 0 Å². The number of hydrogen-bond acceptors (Lipinski definition) is 5. The van der Waals surface area contributed by atoms with Crippen LogP contribution in [0, 0.1) is 28.9 Å². The monoisotopic (exact) mass is 442 g/mol. The van der Waals surface area contributed by atoms with Crippen molar-refractivity contribution in [2.24, 2.45) is 5.92 Å². The number of nitrogens with one attached hydrogen (secondary N) is 2. The average molecular weight is 443 g/mol. The highest BCUT2D eigenvalue weighted by atomic mass is 19.1. The summed E-state index contributed by atoms with van der Waals surface area (Å²) in [5.74, 6) is -0.713. The topological polar surface area (TPSA) is 87.0 Å². The van der Waals surface area contributed by atoms with E-state index in [0.717, 1.165) is 24.5 Å². The maximum Gasteiger partial charge on any atom is 0.407 e. The van der Waals surface area contributed by atoms with Crippen LogP contribution >= 0.6 is 0 Å². The van der Waals surface area contributed by atoms with Crippen molar-refractivity contribution < 1.29 is 18.3 Å². The third-order valence-corrected chi connectivity index (χ3v) is 5.18. The lowest BCUT2D eigenvalue weighted by atomic mass is 10.0. The van der Waals surface area contributed by atoms with Crippen LogP contribution in [0.4, 0.5) is 19.4 Å². The smallest absolute Gasteiger partial charge is 0.407 e. The minimum atomic E-state index is -0.639. The van der Waals surface area contributed by atoms with E-state index in [4.69, 9.17) is 4.74 Å². The highest BCUT2D eigenvalue weighted by Gasteiger charge is 2.37. The number of alkyl carbamates (subject to hydrolysis) is 1. The number of carbonyl (C=O) groups excluding carboxylic acids is 1. The number of anilines is 1. The van der Waals surface area contributed by atoms with Crippen molar-refractivity contribution in [2.75, 3.05) is 5.32 Å². The fourth-order valence-corrected chi connectivity index (χ4v) is 3.50. The highest BCUT2D eigenvalue weighted by molar-refractivity contribution is 5.68. The van der Waals surface area contributed by atoms with Crippen molar-refractivity contribution in [2.45, 2.75) is 64.6 Å². The SMILES string of the molecule is C[C@H](NC(=O)OC(C)(C)C)[C@H](Nc1nc(Cc2ccc(F)cc2)c(C#N)cc1F)C1CC1. The molecule has 0 aliphatic heterocycles. The first-order valence-corrected chi connectivity index (χ1v) is 10.7. The van der Waals surface area contributed by atoms with Gasteiger partial charge in [0.05, 0.1) is 17.3 Å². The molecule has 3 rings (SSSR count). The van der Waals surface area contributed by atoms with Crippen LogP contribution in [-0.4, -0.2) is 28.8 Å². The Balaban J connectivity index is 1.80. The summed E-state index contributed by atoms with van der Waals surface area (Å²) in [5.41, 5.74) is 0.653. The lowest BCUT2D eigenvalue weighted by Gasteiger charge is -2.28. The van der Waals surface area contributed by atoms with E-state index in [9.17, 15) is 18.8 Å². The largest absolute Gasteiger partial charge is 0.444 e. The zero-order valence-corrected chi connectivity index (χ0v) is 18.7. The Morgan fingerprint density at radius 1 is 1.28 bits per heavy atom. The van der Waals surface area contributed by atoms with Gasteiger partial charge in [0.15, 0.2) is 11.6 Å². The maximum atomic E-state index is 14.8. The molecule has 1 amide bonds. The van der Waals surface area contributed by atoms with Gasteiger partial charge in [-0.15, -0.1) is 0 Å². The number of hydrogen-bond donors (Lipinski definition) is 2. The normalized spacial score (nSPS) is 15.4. The lowest BCUT2D eigenvalue weighted by Crippen LogP contribution is -2.47. The Bertz CT molecular complexity index is 1010. The van der Waals surface area contributed by atoms with Crippen LogP contribution in [0.1, 0.15) is 57.4 Å². The number of carbonyl (C=O) groups is 1. The molecule has 32 heavy (non-hydrogen) atoms. The summed E-state index contributed by atoms with van der Waals surface area (Å²) in [6.45, 7) is 7.19. The van der Waals surface area contributed by atoms with Crippen LogP contribution < -0.4 is 10.6 Å². The Labute approximate surface area is 187 Å². The Morgan fingerprint density at radius 2 is 1.94 bits per heavy atom. The zero-order chi connectivity index (χ0) is 23.5. The molecule has 2 N–H and O–H groups in total. The average Bonchev–Trinajstić information content (AvgIpc) is 3.53. The Hall–Kier alpha value is -3.21. The molecule has 0 unspecified atom stereocenters. The minimum Gasteiger partial charge on any atom is -0.444 e. The van der Waals surface area contributed by atoms with Crippen molar-refractivity contribution in [3.05, 3.63) is 58.8 Å². The molecule has 2 aromatic rings. The molecule has 2 atom stereocenters. The van der Waals surface area contributed by atoms with Crippen LogP contribution in [0.3, 0.4) is 0 Å². The van der Waals surface area contributed by atoms with Gasteiger partial charge in [-0.05, 0) is 70.2 Å². The van der Waals surface area contributed by atoms with Crippen LogP contribution in [0.25, 0.3) is 0 Å². The summed E-state index contributed by atoms with van der Waals surface area (Å²) in [6, 6.07) is 8.41. The molecule has 1 aromatic carbocycles. The van der Waals surface area contributed by atoms with Crippen molar-refractivity contribution in [3.8, 4) is 6.07 Å². The zero-order valence-electron chi connectivity index (χ0n) is 18.7. The summed E-state index contributed by atoms with van der Waals surface area (Å²) < 4.78 is 33.3. The third kappa shape index (κ3) is 6.39. The first-order valence-electron chi connectivity index (χ1n) is 10.7. The van der Waals surface area contributed by atoms with Crippen molar-refractivity contribution in [1.82, 2.24) is 10.3 Å². The summed E-state index contributed by atoms with van der Waals surface area (Å²) in [7, 11) is 0. The van der Waals surface area contributed by atoms with E-state index in [1.165, 1.54) is 12.1 Å². The van der Waals surface area contributed by atoms with Gasteiger partial charge in [-0.1, -0.05) is 12.1 Å². The van der Waals surface area contributed by atoms with Gasteiger partial charge in [-0.25, -0.2) is 18.6 Å². The summed E-state index contributed by atoms with van der Waals surface area (Å²) >= 11 is 0. The van der Waals surface area contributed by atoms with Gasteiger partial charge in [0, 0.05) is 12.5 Å². The number of nitrogens with zero attached hydrogens (tertiary/aromatic N) is 2. The predicted octanol–water partition coefficient (Wildman–Crippen LogP) is 4.93. The number of pyridine rings is 1. The molecule has 0 bridgehead atoms. The highest BCUT2D eigenvalue weighted by Crippen LogP contribution is 2.36. The number of amides is 1. The number of ether oxygens (including phenoxy) is 1. The molecule has 1 aromatic heterocycles. The van der Waals surface area contributed by atoms with Crippen molar-refractivity contribution >= 4 is 11.9 Å². The Morgan fingerprint density at radius 3 is 2.50 bits per heavy atom. The van der Waals surface area contributed by atoms with Gasteiger partial charge in [-0.2, -0.15) is 5.26 Å². The third-order valence-electron chi connectivity index (χ3n) is 5.18. The van der Waals surface area contributed by atoms with Crippen LogP contribution in [0.2, 0.25) is 0 Å². The van der Waals surface area contributed by atoms with Crippen molar-refractivity contribution in [3.63, 3.8) is 0 Å². The number of benzene rings is 1. The molecule has 8 heteroatoms. The van der Waals surface area contributed by atoms with E-state index >= 15 is 0 Å². The van der Waals surface area contributed by atoms with E-state index in [1.807, 2.05) is 13.0 Å². The van der Waals surface area contributed by atoms with Crippen LogP contribution in [-0.2, 0) is 11.2 Å². The predicted molar refractivity (Wildman–Crippen MR) is 117 cm³/mol. The second-order valence-electron chi connectivity index (χ2n) is 9.17. The van der Waals surface area contributed by atoms with Crippen molar-refractivity contribution in [1.29, 1.82) is 5.26 Å². The first-order chi connectivity index (χ1) is 15.1. The van der Waals surface area contributed by atoms with Gasteiger partial charge in [-0.3, -0.25) is 0 Å². The fourth-order valence-electron chi connectivity index (χ4n) is 3.50. The minimum absolute atomic E-state index is 0.0239. The molecular weight excluding hydrogens is 414 g/mol. The molecule has 1 heterocycles. The van der Waals surface area contributed by atoms with E-state index in [0.29, 0.717) is 5.69 Å². The Kier molecular flexibility index (Phi) is 6.97. The molecular formula is C24H28F2N4O2. The number of nitriles is 1. The quantitative estimate of drug-likeness (QED) is 0.635. The summed E-state index contributed by atoms with van der Waals surface area (Å²) in [6.07, 6.45) is 1.64. The second-order valence-corrected chi connectivity index (χ2v) is 9.17. The molecule has 0 radical (unpaired) electrons. The number of aromatic nitrogens is 1. The molecule has 0 spiro atoms. The molecule has 1 saturated carbocycles. The number of rotatable bonds is 7. The second kappa shape index (κ2) is 9.51. The molecule has 0 saturated heterocycles. The van der Waals surface area contributed by atoms with E-state index in [2.05, 4.69) is 15.6 Å². The van der Waals surface area contributed by atoms with Gasteiger partial charge < -0.3 is 15.4 Å². The van der Waals surface area contributed by atoms with Gasteiger partial charge in [0.2, 0.25) is 0 Å². The summed E-state index contributed by atoms with van der Waals surface area (Å²) in [4.78, 5) is 16.6. The fraction of sp³-hybridized carbons (Fsp3) is 0.458. The number of halogens is 2. The maximum absolute atomic E-state index is 14.8. The first kappa shape index (κ1) is 23.5. The lowest BCUT2D eigenvalue weighted by molar-refractivity contribution is 0.0501. The summed E-state index contributed by atoms with van der Waals surface area (Å²) in [5, 5.41) is 15.4. The van der Waals surface area contributed by atoms with E-state index in [-0.39, 0.29) is 41.6 Å².